The summed E-state index contributed by atoms with van der Waals surface area (Å²) in [5.74, 6) is -0.839. The Morgan fingerprint density at radius 3 is 2.53 bits per heavy atom. The number of aliphatic carboxylic acids is 1. The summed E-state index contributed by atoms with van der Waals surface area (Å²) in [6.07, 6.45) is 0. The zero-order valence-electron chi connectivity index (χ0n) is 9.32. The molecular weight excluding hydrogens is 190 g/mol. The van der Waals surface area contributed by atoms with Crippen LogP contribution in [-0.4, -0.2) is 17.1 Å². The van der Waals surface area contributed by atoms with E-state index in [1.807, 2.05) is 45.0 Å². The van der Waals surface area contributed by atoms with E-state index in [9.17, 15) is 4.79 Å². The van der Waals surface area contributed by atoms with E-state index in [1.54, 1.807) is 0 Å². The Labute approximate surface area is 90.1 Å². The third kappa shape index (κ3) is 3.36. The van der Waals surface area contributed by atoms with Gasteiger partial charge in [-0.1, -0.05) is 29.8 Å². The summed E-state index contributed by atoms with van der Waals surface area (Å²) in [5.41, 5.74) is 1.88. The van der Waals surface area contributed by atoms with Crippen LogP contribution in [-0.2, 0) is 4.79 Å². The van der Waals surface area contributed by atoms with Gasteiger partial charge in [0.1, 0.15) is 6.04 Å². The number of hydrogen-bond acceptors (Lipinski definition) is 2. The van der Waals surface area contributed by atoms with Gasteiger partial charge in [-0.15, -0.1) is 0 Å². The van der Waals surface area contributed by atoms with Crippen LogP contribution < -0.4 is 5.32 Å². The summed E-state index contributed by atoms with van der Waals surface area (Å²) in [7, 11) is 0. The normalized spacial score (nSPS) is 12.8. The molecule has 0 aliphatic heterocycles. The number of rotatable bonds is 4. The Bertz CT molecular complexity index is 347. The highest BCUT2D eigenvalue weighted by Crippen LogP contribution is 2.15. The van der Waals surface area contributed by atoms with E-state index in [1.165, 1.54) is 0 Å². The minimum atomic E-state index is -0.839. The average molecular weight is 207 g/mol. The molecular formula is C12H17NO2. The van der Waals surface area contributed by atoms with Gasteiger partial charge in [0.25, 0.3) is 0 Å². The Morgan fingerprint density at radius 2 is 2.07 bits per heavy atom. The first-order chi connectivity index (χ1) is 7.00. The Morgan fingerprint density at radius 1 is 1.40 bits per heavy atom. The fourth-order valence-corrected chi connectivity index (χ4v) is 1.49. The lowest BCUT2D eigenvalue weighted by molar-refractivity contribution is -0.139. The van der Waals surface area contributed by atoms with Crippen molar-refractivity contribution in [2.24, 2.45) is 0 Å². The maximum Gasteiger partial charge on any atom is 0.325 e. The van der Waals surface area contributed by atoms with E-state index < -0.39 is 12.0 Å². The standard InChI is InChI=1S/C12H17NO2/c1-8(2)13-11(12(14)15)10-6-4-5-9(3)7-10/h4-8,11,13H,1-3H3,(H,14,15). The molecule has 15 heavy (non-hydrogen) atoms. The van der Waals surface area contributed by atoms with E-state index >= 15 is 0 Å². The summed E-state index contributed by atoms with van der Waals surface area (Å²) >= 11 is 0. The first-order valence-electron chi connectivity index (χ1n) is 5.06. The monoisotopic (exact) mass is 207 g/mol. The number of carboxylic acids is 1. The maximum atomic E-state index is 11.1. The second-order valence-corrected chi connectivity index (χ2v) is 4.01. The molecule has 1 aromatic rings. The molecule has 0 fully saturated rings. The van der Waals surface area contributed by atoms with E-state index in [2.05, 4.69) is 5.32 Å². The molecule has 1 unspecified atom stereocenters. The highest BCUT2D eigenvalue weighted by molar-refractivity contribution is 5.75. The summed E-state index contributed by atoms with van der Waals surface area (Å²) in [4.78, 5) is 11.1. The van der Waals surface area contributed by atoms with Gasteiger partial charge in [-0.2, -0.15) is 0 Å². The van der Waals surface area contributed by atoms with E-state index in [-0.39, 0.29) is 6.04 Å². The molecule has 1 aromatic carbocycles. The van der Waals surface area contributed by atoms with Crippen molar-refractivity contribution in [1.29, 1.82) is 0 Å². The lowest BCUT2D eigenvalue weighted by atomic mass is 10.0. The van der Waals surface area contributed by atoms with Crippen LogP contribution in [0.15, 0.2) is 24.3 Å². The number of carboxylic acid groups (broad SMARTS) is 1. The lowest BCUT2D eigenvalue weighted by Crippen LogP contribution is -2.33. The summed E-state index contributed by atoms with van der Waals surface area (Å²) in [6, 6.07) is 7.09. The van der Waals surface area contributed by atoms with Gasteiger partial charge in [-0.3, -0.25) is 10.1 Å². The van der Waals surface area contributed by atoms with Gasteiger partial charge in [0, 0.05) is 6.04 Å². The van der Waals surface area contributed by atoms with Crippen LogP contribution >= 0.6 is 0 Å². The number of carbonyl (C=O) groups is 1. The van der Waals surface area contributed by atoms with Gasteiger partial charge in [0.2, 0.25) is 0 Å². The molecule has 0 aliphatic carbocycles. The van der Waals surface area contributed by atoms with Crippen molar-refractivity contribution in [2.75, 3.05) is 0 Å². The molecule has 3 nitrogen and oxygen atoms in total. The van der Waals surface area contributed by atoms with Crippen LogP contribution in [0.5, 0.6) is 0 Å². The molecule has 2 N–H and O–H groups in total. The van der Waals surface area contributed by atoms with Crippen molar-refractivity contribution < 1.29 is 9.90 Å². The number of nitrogens with one attached hydrogen (secondary N) is 1. The van der Waals surface area contributed by atoms with Crippen molar-refractivity contribution in [1.82, 2.24) is 5.32 Å². The first kappa shape index (κ1) is 11.7. The first-order valence-corrected chi connectivity index (χ1v) is 5.06. The van der Waals surface area contributed by atoms with Crippen molar-refractivity contribution in [3.63, 3.8) is 0 Å². The second kappa shape index (κ2) is 4.94. The quantitative estimate of drug-likeness (QED) is 0.795. The summed E-state index contributed by atoms with van der Waals surface area (Å²) < 4.78 is 0. The third-order valence-electron chi connectivity index (χ3n) is 2.12. The zero-order valence-corrected chi connectivity index (χ0v) is 9.32. The molecule has 0 heterocycles. The molecule has 0 amide bonds. The van der Waals surface area contributed by atoms with E-state index in [0.29, 0.717) is 0 Å². The minimum absolute atomic E-state index is 0.145. The average Bonchev–Trinajstić information content (AvgIpc) is 2.13. The van der Waals surface area contributed by atoms with Crippen molar-refractivity contribution >= 4 is 5.97 Å². The van der Waals surface area contributed by atoms with Crippen LogP contribution in [0.2, 0.25) is 0 Å². The highest BCUT2D eigenvalue weighted by Gasteiger charge is 2.19. The molecule has 0 aromatic heterocycles. The van der Waals surface area contributed by atoms with Crippen LogP contribution in [0, 0.1) is 6.92 Å². The predicted molar refractivity (Wildman–Crippen MR) is 59.8 cm³/mol. The van der Waals surface area contributed by atoms with Crippen LogP contribution in [0.4, 0.5) is 0 Å². The summed E-state index contributed by atoms with van der Waals surface area (Å²) in [6.45, 7) is 5.83. The smallest absolute Gasteiger partial charge is 0.325 e. The Balaban J connectivity index is 2.94. The Hall–Kier alpha value is -1.35. The molecule has 0 saturated heterocycles. The maximum absolute atomic E-state index is 11.1. The molecule has 82 valence electrons. The minimum Gasteiger partial charge on any atom is -0.480 e. The van der Waals surface area contributed by atoms with Crippen LogP contribution in [0.3, 0.4) is 0 Å². The van der Waals surface area contributed by atoms with Gasteiger partial charge >= 0.3 is 5.97 Å². The second-order valence-electron chi connectivity index (χ2n) is 4.01. The third-order valence-corrected chi connectivity index (χ3v) is 2.12. The fourth-order valence-electron chi connectivity index (χ4n) is 1.49. The predicted octanol–water partition coefficient (Wildman–Crippen LogP) is 2.12. The van der Waals surface area contributed by atoms with Gasteiger partial charge < -0.3 is 5.11 Å². The lowest BCUT2D eigenvalue weighted by Gasteiger charge is -2.17. The molecule has 1 atom stereocenters. The highest BCUT2D eigenvalue weighted by atomic mass is 16.4. The fraction of sp³-hybridized carbons (Fsp3) is 0.417. The van der Waals surface area contributed by atoms with Gasteiger partial charge in [0.05, 0.1) is 0 Å². The van der Waals surface area contributed by atoms with Crippen molar-refractivity contribution in [3.8, 4) is 0 Å². The Kier molecular flexibility index (Phi) is 3.86. The van der Waals surface area contributed by atoms with E-state index in [0.717, 1.165) is 11.1 Å². The molecule has 0 aliphatic rings. The van der Waals surface area contributed by atoms with Gasteiger partial charge in [-0.25, -0.2) is 0 Å². The van der Waals surface area contributed by atoms with Gasteiger partial charge in [-0.05, 0) is 26.3 Å². The molecule has 0 saturated carbocycles. The van der Waals surface area contributed by atoms with E-state index in [4.69, 9.17) is 5.11 Å². The molecule has 3 heteroatoms. The number of benzene rings is 1. The topological polar surface area (TPSA) is 49.3 Å². The van der Waals surface area contributed by atoms with Crippen LogP contribution in [0.1, 0.15) is 31.0 Å². The molecule has 0 bridgehead atoms. The molecule has 1 rings (SSSR count). The number of aryl methyl sites for hydroxylation is 1. The van der Waals surface area contributed by atoms with Crippen molar-refractivity contribution in [3.05, 3.63) is 35.4 Å². The summed E-state index contributed by atoms with van der Waals surface area (Å²) in [5, 5.41) is 12.1. The van der Waals surface area contributed by atoms with Crippen molar-refractivity contribution in [2.45, 2.75) is 32.9 Å². The molecule has 0 spiro atoms. The number of hydrogen-bond donors (Lipinski definition) is 2. The SMILES string of the molecule is Cc1cccc(C(NC(C)C)C(=O)O)c1. The molecule has 0 radical (unpaired) electrons. The zero-order chi connectivity index (χ0) is 11.4. The largest absolute Gasteiger partial charge is 0.480 e. The van der Waals surface area contributed by atoms with Crippen LogP contribution in [0.25, 0.3) is 0 Å². The van der Waals surface area contributed by atoms with Gasteiger partial charge in [0.15, 0.2) is 0 Å².